The first-order valence-corrected chi connectivity index (χ1v) is 10.8. The summed E-state index contributed by atoms with van der Waals surface area (Å²) in [6.07, 6.45) is 6.44. The van der Waals surface area contributed by atoms with Gasteiger partial charge in [-0.2, -0.15) is 0 Å². The molecule has 29 heavy (non-hydrogen) atoms. The van der Waals surface area contributed by atoms with Gasteiger partial charge in [0, 0.05) is 13.1 Å². The first-order valence-electron chi connectivity index (χ1n) is 10.8. The Morgan fingerprint density at radius 2 is 1.79 bits per heavy atom. The molecule has 1 saturated heterocycles. The van der Waals surface area contributed by atoms with E-state index >= 15 is 0 Å². The van der Waals surface area contributed by atoms with Gasteiger partial charge in [0.2, 0.25) is 0 Å². The van der Waals surface area contributed by atoms with Crippen LogP contribution in [-0.2, 0) is 0 Å². The molecule has 0 radical (unpaired) electrons. The van der Waals surface area contributed by atoms with Crippen LogP contribution in [0, 0.1) is 0 Å². The Morgan fingerprint density at radius 3 is 2.38 bits per heavy atom. The van der Waals surface area contributed by atoms with E-state index in [0.29, 0.717) is 12.6 Å². The van der Waals surface area contributed by atoms with Crippen molar-refractivity contribution in [2.45, 2.75) is 57.1 Å². The second-order valence-corrected chi connectivity index (χ2v) is 8.04. The van der Waals surface area contributed by atoms with Crippen molar-refractivity contribution in [3.8, 4) is 5.75 Å². The predicted octanol–water partition coefficient (Wildman–Crippen LogP) is 3.31. The van der Waals surface area contributed by atoms with Gasteiger partial charge in [0.1, 0.15) is 5.75 Å². The standard InChI is InChI=1S/C22H36N4O2.HI/c1-3-23-21(25-17-22(27)12-4-5-13-22)24-16-20(26-14-6-7-15-26)18-8-10-19(28-2)11-9-18;/h8-11,20,27H,3-7,12-17H2,1-2H3,(H2,23,24,25);1H. The van der Waals surface area contributed by atoms with Gasteiger partial charge in [0.15, 0.2) is 5.96 Å². The Hall–Kier alpha value is -1.06. The lowest BCUT2D eigenvalue weighted by molar-refractivity contribution is 0.0574. The van der Waals surface area contributed by atoms with E-state index in [9.17, 15) is 5.11 Å². The number of aliphatic hydroxyl groups is 1. The van der Waals surface area contributed by atoms with Crippen LogP contribution in [0.25, 0.3) is 0 Å². The lowest BCUT2D eigenvalue weighted by atomic mass is 10.0. The Labute approximate surface area is 192 Å². The van der Waals surface area contributed by atoms with Crippen molar-refractivity contribution in [2.24, 2.45) is 4.99 Å². The molecule has 1 aliphatic heterocycles. The van der Waals surface area contributed by atoms with Crippen LogP contribution >= 0.6 is 24.0 Å². The molecule has 1 aromatic rings. The van der Waals surface area contributed by atoms with Crippen LogP contribution in [0.4, 0.5) is 0 Å². The van der Waals surface area contributed by atoms with Gasteiger partial charge in [0.25, 0.3) is 0 Å². The van der Waals surface area contributed by atoms with E-state index in [1.807, 2.05) is 12.1 Å². The third-order valence-corrected chi connectivity index (χ3v) is 5.95. The lowest BCUT2D eigenvalue weighted by Crippen LogP contribution is -2.43. The zero-order chi connectivity index (χ0) is 19.8. The van der Waals surface area contributed by atoms with Gasteiger partial charge < -0.3 is 20.5 Å². The molecule has 1 unspecified atom stereocenters. The van der Waals surface area contributed by atoms with Crippen LogP contribution in [0.3, 0.4) is 0 Å². The van der Waals surface area contributed by atoms with Crippen LogP contribution in [0.15, 0.2) is 29.3 Å². The van der Waals surface area contributed by atoms with Gasteiger partial charge in [-0.1, -0.05) is 25.0 Å². The summed E-state index contributed by atoms with van der Waals surface area (Å²) in [7, 11) is 1.70. The normalized spacial score (nSPS) is 20.2. The summed E-state index contributed by atoms with van der Waals surface area (Å²) in [5, 5.41) is 17.5. The number of aliphatic imine (C=N–C) groups is 1. The summed E-state index contributed by atoms with van der Waals surface area (Å²) in [4.78, 5) is 7.24. The quantitative estimate of drug-likeness (QED) is 0.281. The van der Waals surface area contributed by atoms with Crippen molar-refractivity contribution in [2.75, 3.05) is 39.8 Å². The molecule has 2 fully saturated rings. The summed E-state index contributed by atoms with van der Waals surface area (Å²) in [6, 6.07) is 8.69. The molecule has 1 saturated carbocycles. The molecule has 0 amide bonds. The number of hydrogen-bond acceptors (Lipinski definition) is 4. The van der Waals surface area contributed by atoms with Crippen molar-refractivity contribution < 1.29 is 9.84 Å². The maximum Gasteiger partial charge on any atom is 0.191 e. The zero-order valence-electron chi connectivity index (χ0n) is 17.8. The second kappa shape index (κ2) is 12.0. The Bertz CT molecular complexity index is 626. The zero-order valence-corrected chi connectivity index (χ0v) is 20.2. The average molecular weight is 516 g/mol. The number of halogens is 1. The highest BCUT2D eigenvalue weighted by molar-refractivity contribution is 14.0. The summed E-state index contributed by atoms with van der Waals surface area (Å²) >= 11 is 0. The highest BCUT2D eigenvalue weighted by atomic mass is 127. The van der Waals surface area contributed by atoms with E-state index in [2.05, 4.69) is 34.6 Å². The van der Waals surface area contributed by atoms with Gasteiger partial charge in [-0.25, -0.2) is 0 Å². The third kappa shape index (κ3) is 7.00. The fourth-order valence-electron chi connectivity index (χ4n) is 4.29. The van der Waals surface area contributed by atoms with Gasteiger partial charge in [0.05, 0.1) is 25.3 Å². The van der Waals surface area contributed by atoms with E-state index in [1.165, 1.54) is 18.4 Å². The summed E-state index contributed by atoms with van der Waals surface area (Å²) in [5.74, 6) is 1.68. The van der Waals surface area contributed by atoms with Gasteiger partial charge in [-0.05, 0) is 63.4 Å². The number of nitrogens with zero attached hydrogens (tertiary/aromatic N) is 2. The van der Waals surface area contributed by atoms with Crippen molar-refractivity contribution >= 4 is 29.9 Å². The molecule has 0 aromatic heterocycles. The van der Waals surface area contributed by atoms with E-state index in [0.717, 1.165) is 63.6 Å². The summed E-state index contributed by atoms with van der Waals surface area (Å²) < 4.78 is 5.31. The highest BCUT2D eigenvalue weighted by Crippen LogP contribution is 2.29. The molecule has 164 valence electrons. The number of benzene rings is 1. The molecular weight excluding hydrogens is 479 g/mol. The number of ether oxygens (including phenoxy) is 1. The Morgan fingerprint density at radius 1 is 1.14 bits per heavy atom. The number of rotatable bonds is 8. The molecule has 1 heterocycles. The fraction of sp³-hybridized carbons (Fsp3) is 0.682. The van der Waals surface area contributed by atoms with Gasteiger partial charge >= 0.3 is 0 Å². The molecule has 6 nitrogen and oxygen atoms in total. The predicted molar refractivity (Wildman–Crippen MR) is 129 cm³/mol. The summed E-state index contributed by atoms with van der Waals surface area (Å²) in [6.45, 7) is 6.40. The number of guanidine groups is 1. The smallest absolute Gasteiger partial charge is 0.191 e. The van der Waals surface area contributed by atoms with Gasteiger partial charge in [-0.3, -0.25) is 9.89 Å². The van der Waals surface area contributed by atoms with Crippen LogP contribution in [0.2, 0.25) is 0 Å². The van der Waals surface area contributed by atoms with Crippen molar-refractivity contribution in [1.82, 2.24) is 15.5 Å². The first kappa shape index (κ1) is 24.2. The molecule has 3 rings (SSSR count). The molecular formula is C22H37IN4O2. The molecule has 1 aromatic carbocycles. The Balaban J connectivity index is 0.00000300. The maximum absolute atomic E-state index is 10.6. The molecule has 1 aliphatic carbocycles. The fourth-order valence-corrected chi connectivity index (χ4v) is 4.29. The number of methoxy groups -OCH3 is 1. The van der Waals surface area contributed by atoms with Gasteiger partial charge in [-0.15, -0.1) is 24.0 Å². The largest absolute Gasteiger partial charge is 0.497 e. The molecule has 7 heteroatoms. The average Bonchev–Trinajstić information content (AvgIpc) is 3.39. The molecule has 0 spiro atoms. The van der Waals surface area contributed by atoms with E-state index in [1.54, 1.807) is 7.11 Å². The van der Waals surface area contributed by atoms with E-state index < -0.39 is 5.60 Å². The monoisotopic (exact) mass is 516 g/mol. The minimum Gasteiger partial charge on any atom is -0.497 e. The highest BCUT2D eigenvalue weighted by Gasteiger charge is 2.31. The van der Waals surface area contributed by atoms with Crippen LogP contribution in [0.5, 0.6) is 5.75 Å². The third-order valence-electron chi connectivity index (χ3n) is 5.95. The Kier molecular flexibility index (Phi) is 9.98. The van der Waals surface area contributed by atoms with Crippen molar-refractivity contribution in [3.63, 3.8) is 0 Å². The lowest BCUT2D eigenvalue weighted by Gasteiger charge is -2.29. The van der Waals surface area contributed by atoms with E-state index in [-0.39, 0.29) is 24.0 Å². The molecule has 3 N–H and O–H groups in total. The molecule has 0 bridgehead atoms. The number of likely N-dealkylation sites (tertiary alicyclic amines) is 1. The van der Waals surface area contributed by atoms with E-state index in [4.69, 9.17) is 9.73 Å². The SMILES string of the molecule is CCNC(=NCC1(O)CCCC1)NCC(c1ccc(OC)cc1)N1CCCC1.I. The maximum atomic E-state index is 10.6. The minimum atomic E-state index is -0.618. The number of nitrogens with one attached hydrogen (secondary N) is 2. The second-order valence-electron chi connectivity index (χ2n) is 8.04. The van der Waals surface area contributed by atoms with Crippen molar-refractivity contribution in [1.29, 1.82) is 0 Å². The number of hydrogen-bond donors (Lipinski definition) is 3. The molecule has 1 atom stereocenters. The van der Waals surface area contributed by atoms with Crippen LogP contribution in [-0.4, -0.2) is 61.4 Å². The molecule has 2 aliphatic rings. The van der Waals surface area contributed by atoms with Crippen LogP contribution < -0.4 is 15.4 Å². The first-order chi connectivity index (χ1) is 13.6. The summed E-state index contributed by atoms with van der Waals surface area (Å²) in [5.41, 5.74) is 0.674. The van der Waals surface area contributed by atoms with Crippen LogP contribution in [0.1, 0.15) is 57.1 Å². The minimum absolute atomic E-state index is 0. The van der Waals surface area contributed by atoms with Crippen molar-refractivity contribution in [3.05, 3.63) is 29.8 Å². The topological polar surface area (TPSA) is 69.1 Å².